The van der Waals surface area contributed by atoms with Gasteiger partial charge in [-0.25, -0.2) is 9.97 Å². The third-order valence-corrected chi connectivity index (χ3v) is 7.65. The number of ether oxygens (including phenoxy) is 1. The molecule has 2 aliphatic rings. The maximum atomic E-state index is 5.91. The second-order valence-corrected chi connectivity index (χ2v) is 10.1. The highest BCUT2D eigenvalue weighted by Crippen LogP contribution is 2.41. The molecule has 7 rings (SSSR count). The Morgan fingerprint density at radius 3 is 2.29 bits per heavy atom. The van der Waals surface area contributed by atoms with E-state index in [0.717, 1.165) is 70.9 Å². The monoisotopic (exact) mass is 499 g/mol. The number of rotatable bonds is 8. The summed E-state index contributed by atoms with van der Waals surface area (Å²) in [6.45, 7) is 3.25. The normalized spacial score (nSPS) is 19.7. The molecule has 38 heavy (non-hydrogen) atoms. The van der Waals surface area contributed by atoms with Crippen LogP contribution in [0, 0.1) is 11.8 Å². The topological polar surface area (TPSA) is 71.1 Å². The molecular weight excluding hydrogens is 470 g/mol. The summed E-state index contributed by atoms with van der Waals surface area (Å²) in [4.78, 5) is 9.03. The molecule has 3 N–H and O–H groups in total. The molecular formula is C32H29N5O. The van der Waals surface area contributed by atoms with Gasteiger partial charge in [0.2, 0.25) is 0 Å². The first-order chi connectivity index (χ1) is 18.8. The van der Waals surface area contributed by atoms with Crippen LogP contribution in [0.2, 0.25) is 0 Å². The second kappa shape index (κ2) is 9.89. The van der Waals surface area contributed by atoms with Crippen molar-refractivity contribution < 1.29 is 4.74 Å². The lowest BCUT2D eigenvalue weighted by Crippen LogP contribution is -2.27. The minimum Gasteiger partial charge on any atom is -0.457 e. The van der Waals surface area contributed by atoms with Gasteiger partial charge in [-0.1, -0.05) is 48.5 Å². The zero-order valence-corrected chi connectivity index (χ0v) is 21.0. The fourth-order valence-corrected chi connectivity index (χ4v) is 5.48. The average Bonchev–Trinajstić information content (AvgIpc) is 3.39. The summed E-state index contributed by atoms with van der Waals surface area (Å²) in [5, 5.41) is 11.6. The fraction of sp³-hybridized carbons (Fsp3) is 0.188. The Balaban J connectivity index is 1.06. The van der Waals surface area contributed by atoms with Gasteiger partial charge < -0.3 is 20.7 Å². The molecule has 1 saturated heterocycles. The van der Waals surface area contributed by atoms with E-state index in [2.05, 4.69) is 68.4 Å². The summed E-state index contributed by atoms with van der Waals surface area (Å²) in [5.74, 6) is 4.04. The molecule has 188 valence electrons. The zero-order valence-electron chi connectivity index (χ0n) is 21.0. The van der Waals surface area contributed by atoms with Crippen molar-refractivity contribution in [2.75, 3.05) is 18.4 Å². The van der Waals surface area contributed by atoms with Crippen molar-refractivity contribution in [2.24, 2.45) is 11.8 Å². The second-order valence-electron chi connectivity index (χ2n) is 10.1. The lowest BCUT2D eigenvalue weighted by atomic mass is 10.0. The van der Waals surface area contributed by atoms with Crippen LogP contribution in [0.25, 0.3) is 22.0 Å². The van der Waals surface area contributed by atoms with Crippen LogP contribution in [0.4, 0.5) is 11.5 Å². The quantitative estimate of drug-likeness (QED) is 0.238. The van der Waals surface area contributed by atoms with E-state index in [1.165, 1.54) is 11.1 Å². The third kappa shape index (κ3) is 4.72. The molecule has 0 spiro atoms. The van der Waals surface area contributed by atoms with Crippen molar-refractivity contribution in [3.63, 3.8) is 0 Å². The molecule has 2 unspecified atom stereocenters. The lowest BCUT2D eigenvalue weighted by molar-refractivity contribution is 0.483. The summed E-state index contributed by atoms with van der Waals surface area (Å²) < 4.78 is 5.91. The molecule has 2 heterocycles. The van der Waals surface area contributed by atoms with Crippen molar-refractivity contribution in [2.45, 2.75) is 12.6 Å². The summed E-state index contributed by atoms with van der Waals surface area (Å²) in [6.07, 6.45) is 1.60. The largest absolute Gasteiger partial charge is 0.457 e. The van der Waals surface area contributed by atoms with Gasteiger partial charge in [0.05, 0.1) is 5.52 Å². The van der Waals surface area contributed by atoms with E-state index in [1.54, 1.807) is 6.33 Å². The first kappa shape index (κ1) is 22.9. The molecule has 2 atom stereocenters. The predicted octanol–water partition coefficient (Wildman–Crippen LogP) is 6.14. The van der Waals surface area contributed by atoms with Gasteiger partial charge in [0.25, 0.3) is 0 Å². The minimum absolute atomic E-state index is 0.690. The Bertz CT molecular complexity index is 1540. The molecule has 0 radical (unpaired) electrons. The van der Waals surface area contributed by atoms with Crippen LogP contribution in [0.5, 0.6) is 11.5 Å². The van der Waals surface area contributed by atoms with E-state index in [1.807, 2.05) is 54.6 Å². The lowest BCUT2D eigenvalue weighted by Gasteiger charge is -2.11. The van der Waals surface area contributed by atoms with E-state index in [0.29, 0.717) is 6.04 Å². The van der Waals surface area contributed by atoms with Crippen LogP contribution in [0.3, 0.4) is 0 Å². The Morgan fingerprint density at radius 1 is 0.763 bits per heavy atom. The number of aromatic nitrogens is 2. The van der Waals surface area contributed by atoms with Crippen molar-refractivity contribution in [3.8, 4) is 22.6 Å². The minimum atomic E-state index is 0.690. The van der Waals surface area contributed by atoms with Crippen LogP contribution >= 0.6 is 0 Å². The number of anilines is 2. The standard InChI is InChI=1S/C32H29N5O/c1-2-4-25(5-3-1)38-26-13-11-24(12-14-26)37-32-27-16-23(10-15-30(27)35-20-36-32)22-8-6-21(7-9-22)17-34-31-28-18-33-19-29(28)31/h1-16,20,28-29,31,33-34H,17-19H2,(H,35,36,37). The maximum absolute atomic E-state index is 5.91. The van der Waals surface area contributed by atoms with E-state index in [9.17, 15) is 0 Å². The Labute approximate surface area is 222 Å². The van der Waals surface area contributed by atoms with Crippen molar-refractivity contribution in [1.29, 1.82) is 0 Å². The molecule has 1 aliphatic heterocycles. The zero-order chi connectivity index (χ0) is 25.3. The number of nitrogens with one attached hydrogen (secondary N) is 3. The fourth-order valence-electron chi connectivity index (χ4n) is 5.48. The van der Waals surface area contributed by atoms with Crippen LogP contribution in [-0.2, 0) is 6.54 Å². The van der Waals surface area contributed by atoms with E-state index in [4.69, 9.17) is 4.74 Å². The highest BCUT2D eigenvalue weighted by atomic mass is 16.5. The van der Waals surface area contributed by atoms with Crippen molar-refractivity contribution >= 4 is 22.4 Å². The van der Waals surface area contributed by atoms with Gasteiger partial charge in [0.1, 0.15) is 23.6 Å². The highest BCUT2D eigenvalue weighted by Gasteiger charge is 2.52. The van der Waals surface area contributed by atoms with Crippen LogP contribution in [-0.4, -0.2) is 29.1 Å². The van der Waals surface area contributed by atoms with Crippen LogP contribution < -0.4 is 20.7 Å². The number of hydrogen-bond acceptors (Lipinski definition) is 6. The van der Waals surface area contributed by atoms with E-state index in [-0.39, 0.29) is 0 Å². The molecule has 0 amide bonds. The molecule has 1 aromatic heterocycles. The number of para-hydroxylation sites is 1. The van der Waals surface area contributed by atoms with Gasteiger partial charge in [-0.15, -0.1) is 0 Å². The molecule has 2 fully saturated rings. The number of hydrogen-bond donors (Lipinski definition) is 3. The van der Waals surface area contributed by atoms with Crippen molar-refractivity contribution in [3.05, 3.63) is 109 Å². The SMILES string of the molecule is c1ccc(Oc2ccc(Nc3ncnc4ccc(-c5ccc(CNC6C7CNCC76)cc5)cc34)cc2)cc1. The predicted molar refractivity (Wildman–Crippen MR) is 152 cm³/mol. The van der Waals surface area contributed by atoms with Gasteiger partial charge in [-0.05, 0) is 90.1 Å². The maximum Gasteiger partial charge on any atom is 0.141 e. The number of fused-ring (bicyclic) bond motifs is 2. The summed E-state index contributed by atoms with van der Waals surface area (Å²) in [5.41, 5.74) is 5.48. The highest BCUT2D eigenvalue weighted by molar-refractivity contribution is 5.93. The van der Waals surface area contributed by atoms with E-state index >= 15 is 0 Å². The molecule has 4 aromatic carbocycles. The average molecular weight is 500 g/mol. The Kier molecular flexibility index (Phi) is 5.96. The van der Waals surface area contributed by atoms with Crippen molar-refractivity contribution in [1.82, 2.24) is 20.6 Å². The van der Waals surface area contributed by atoms with Gasteiger partial charge in [0.15, 0.2) is 0 Å². The summed E-state index contributed by atoms with van der Waals surface area (Å²) >= 11 is 0. The van der Waals surface area contributed by atoms with Gasteiger partial charge in [0, 0.05) is 23.7 Å². The molecule has 1 aliphatic carbocycles. The number of benzene rings is 4. The Hall–Kier alpha value is -4.26. The van der Waals surface area contributed by atoms with Crippen LogP contribution in [0.1, 0.15) is 5.56 Å². The first-order valence-corrected chi connectivity index (χ1v) is 13.2. The Morgan fingerprint density at radius 2 is 1.50 bits per heavy atom. The summed E-state index contributed by atoms with van der Waals surface area (Å²) in [6, 6.07) is 33.6. The number of nitrogens with zero attached hydrogens (tertiary/aromatic N) is 2. The van der Waals surface area contributed by atoms with Gasteiger partial charge in [-0.3, -0.25) is 0 Å². The van der Waals surface area contributed by atoms with E-state index < -0.39 is 0 Å². The smallest absolute Gasteiger partial charge is 0.141 e. The van der Waals surface area contributed by atoms with Gasteiger partial charge in [-0.2, -0.15) is 0 Å². The first-order valence-electron chi connectivity index (χ1n) is 13.2. The molecule has 6 nitrogen and oxygen atoms in total. The molecule has 1 saturated carbocycles. The summed E-state index contributed by atoms with van der Waals surface area (Å²) in [7, 11) is 0. The van der Waals surface area contributed by atoms with Gasteiger partial charge >= 0.3 is 0 Å². The van der Waals surface area contributed by atoms with Crippen LogP contribution in [0.15, 0.2) is 103 Å². The third-order valence-electron chi connectivity index (χ3n) is 7.65. The number of piperidine rings is 1. The molecule has 5 aromatic rings. The molecule has 0 bridgehead atoms. The molecule has 6 heteroatoms.